The Bertz CT molecular complexity index is 1860. The lowest BCUT2D eigenvalue weighted by Crippen LogP contribution is -2.23. The van der Waals surface area contributed by atoms with E-state index in [9.17, 15) is 22.8 Å². The summed E-state index contributed by atoms with van der Waals surface area (Å²) in [5, 5.41) is 5.76. The SMILES string of the molecule is COc1ccc(-c2ccc(C(F)(F)F)cc2NC(=O)Nc2ccc(Oc3ccc(-c4cnc(N5CCCC5=O)s4)cc3)nc2)cn1. The highest BCUT2D eigenvalue weighted by atomic mass is 32.1. The summed E-state index contributed by atoms with van der Waals surface area (Å²) in [6, 6.07) is 15.9. The van der Waals surface area contributed by atoms with E-state index in [0.29, 0.717) is 40.9 Å². The minimum atomic E-state index is -4.61. The first-order valence-corrected chi connectivity index (χ1v) is 14.8. The standard InChI is InChI=1S/C32H25F3N6O4S/c1-44-27-12-6-20(16-36-27)24-11-7-21(32(33,34)35)15-25(24)40-30(43)39-22-8-13-28(37-17-22)45-23-9-4-19(5-10-23)26-18-38-31(46-26)41-14-2-3-29(41)42/h4-13,15-18H,2-3,14H2,1H3,(H2,39,40,43). The van der Waals surface area contributed by atoms with Gasteiger partial charge >= 0.3 is 12.2 Å². The van der Waals surface area contributed by atoms with Crippen LogP contribution in [0.4, 0.5) is 34.5 Å². The molecule has 6 rings (SSSR count). The van der Waals surface area contributed by atoms with Crippen molar-refractivity contribution in [3.63, 3.8) is 0 Å². The van der Waals surface area contributed by atoms with Gasteiger partial charge in [-0.25, -0.2) is 19.7 Å². The maximum atomic E-state index is 13.5. The van der Waals surface area contributed by atoms with Crippen molar-refractivity contribution in [3.8, 4) is 39.1 Å². The third-order valence-corrected chi connectivity index (χ3v) is 8.07. The van der Waals surface area contributed by atoms with Crippen molar-refractivity contribution in [3.05, 3.63) is 90.9 Å². The second-order valence-corrected chi connectivity index (χ2v) is 11.1. The maximum Gasteiger partial charge on any atom is 0.416 e. The number of hydrogen-bond donors (Lipinski definition) is 2. The van der Waals surface area contributed by atoms with Crippen LogP contribution in [0.2, 0.25) is 0 Å². The number of benzene rings is 2. The van der Waals surface area contributed by atoms with Gasteiger partial charge in [0.25, 0.3) is 0 Å². The predicted octanol–water partition coefficient (Wildman–Crippen LogP) is 7.86. The Kier molecular flexibility index (Phi) is 8.53. The molecule has 0 aliphatic carbocycles. The van der Waals surface area contributed by atoms with Crippen molar-refractivity contribution in [1.29, 1.82) is 0 Å². The van der Waals surface area contributed by atoms with Crippen molar-refractivity contribution < 1.29 is 32.2 Å². The normalized spacial score (nSPS) is 13.0. The third kappa shape index (κ3) is 6.91. The summed E-state index contributed by atoms with van der Waals surface area (Å²) in [7, 11) is 1.45. The quantitative estimate of drug-likeness (QED) is 0.176. The monoisotopic (exact) mass is 646 g/mol. The van der Waals surface area contributed by atoms with Crippen LogP contribution in [0.1, 0.15) is 18.4 Å². The molecular weight excluding hydrogens is 621 g/mol. The van der Waals surface area contributed by atoms with Crippen LogP contribution in [0, 0.1) is 0 Å². The molecule has 46 heavy (non-hydrogen) atoms. The van der Waals surface area contributed by atoms with Crippen molar-refractivity contribution in [2.75, 3.05) is 29.2 Å². The van der Waals surface area contributed by atoms with E-state index >= 15 is 0 Å². The van der Waals surface area contributed by atoms with E-state index in [4.69, 9.17) is 9.47 Å². The van der Waals surface area contributed by atoms with Gasteiger partial charge in [0.1, 0.15) is 5.75 Å². The second-order valence-electron chi connectivity index (χ2n) is 10.1. The number of anilines is 3. The number of thiazole rings is 1. The van der Waals surface area contributed by atoms with Gasteiger partial charge in [-0.2, -0.15) is 13.2 Å². The molecule has 0 atom stereocenters. The summed E-state index contributed by atoms with van der Waals surface area (Å²) in [5.41, 5.74) is 1.06. The first kappa shape index (κ1) is 30.5. The van der Waals surface area contributed by atoms with Crippen LogP contribution < -0.4 is 25.0 Å². The largest absolute Gasteiger partial charge is 0.481 e. The molecule has 0 saturated carbocycles. The fraction of sp³-hybridized carbons (Fsp3) is 0.156. The molecule has 10 nitrogen and oxygen atoms in total. The molecule has 0 bridgehead atoms. The smallest absolute Gasteiger partial charge is 0.416 e. The molecule has 2 N–H and O–H groups in total. The number of amides is 3. The van der Waals surface area contributed by atoms with Gasteiger partial charge in [0.15, 0.2) is 5.13 Å². The average Bonchev–Trinajstić information content (AvgIpc) is 3.71. The van der Waals surface area contributed by atoms with Crippen molar-refractivity contribution in [2.24, 2.45) is 0 Å². The van der Waals surface area contributed by atoms with E-state index in [0.717, 1.165) is 29.0 Å². The molecule has 234 valence electrons. The molecule has 0 unspecified atom stereocenters. The number of nitrogens with zero attached hydrogens (tertiary/aromatic N) is 4. The highest BCUT2D eigenvalue weighted by molar-refractivity contribution is 7.19. The molecular formula is C32H25F3N6O4S. The highest BCUT2D eigenvalue weighted by Crippen LogP contribution is 2.37. The summed E-state index contributed by atoms with van der Waals surface area (Å²) < 4.78 is 51.2. The molecule has 5 aromatic rings. The first-order chi connectivity index (χ1) is 22.2. The number of hydrogen-bond acceptors (Lipinski definition) is 8. The Hall–Kier alpha value is -5.50. The van der Waals surface area contributed by atoms with E-state index in [1.165, 1.54) is 36.9 Å². The molecule has 1 fully saturated rings. The number of methoxy groups -OCH3 is 1. The molecule has 4 heterocycles. The van der Waals surface area contributed by atoms with E-state index in [1.54, 1.807) is 47.5 Å². The zero-order valence-corrected chi connectivity index (χ0v) is 25.0. The molecule has 1 saturated heterocycles. The second kappa shape index (κ2) is 12.9. The van der Waals surface area contributed by atoms with Crippen LogP contribution in [0.15, 0.2) is 85.3 Å². The number of ether oxygens (including phenoxy) is 2. The number of urea groups is 1. The van der Waals surface area contributed by atoms with Gasteiger partial charge in [0.05, 0.1) is 35.1 Å². The molecule has 3 aromatic heterocycles. The number of halogens is 3. The summed E-state index contributed by atoms with van der Waals surface area (Å²) in [4.78, 5) is 40.2. The fourth-order valence-electron chi connectivity index (χ4n) is 4.72. The van der Waals surface area contributed by atoms with Crippen LogP contribution >= 0.6 is 11.3 Å². The maximum absolute atomic E-state index is 13.5. The average molecular weight is 647 g/mol. The summed E-state index contributed by atoms with van der Waals surface area (Å²) in [6.07, 6.45) is 1.32. The number of nitrogens with one attached hydrogen (secondary N) is 2. The molecule has 1 aliphatic heterocycles. The van der Waals surface area contributed by atoms with Gasteiger partial charge < -0.3 is 20.1 Å². The van der Waals surface area contributed by atoms with E-state index in [1.807, 2.05) is 12.1 Å². The topological polar surface area (TPSA) is 119 Å². The van der Waals surface area contributed by atoms with E-state index < -0.39 is 17.8 Å². The molecule has 1 aliphatic rings. The van der Waals surface area contributed by atoms with Gasteiger partial charge in [-0.3, -0.25) is 9.69 Å². The van der Waals surface area contributed by atoms with Crippen LogP contribution in [-0.2, 0) is 11.0 Å². The minimum absolute atomic E-state index is 0.0604. The molecule has 0 radical (unpaired) electrons. The number of carbonyl (C=O) groups excluding carboxylic acids is 2. The van der Waals surface area contributed by atoms with Crippen LogP contribution in [-0.4, -0.2) is 40.5 Å². The first-order valence-electron chi connectivity index (χ1n) is 14.0. The number of aromatic nitrogens is 3. The molecule has 0 spiro atoms. The van der Waals surface area contributed by atoms with Gasteiger partial charge in [-0.15, -0.1) is 0 Å². The van der Waals surface area contributed by atoms with Gasteiger partial charge in [0, 0.05) is 48.6 Å². The summed E-state index contributed by atoms with van der Waals surface area (Å²) in [6.45, 7) is 0.684. The van der Waals surface area contributed by atoms with Crippen LogP contribution in [0.3, 0.4) is 0 Å². The minimum Gasteiger partial charge on any atom is -0.481 e. The highest BCUT2D eigenvalue weighted by Gasteiger charge is 2.31. The molecule has 14 heteroatoms. The van der Waals surface area contributed by atoms with Crippen molar-refractivity contribution in [2.45, 2.75) is 19.0 Å². The Balaban J connectivity index is 1.10. The van der Waals surface area contributed by atoms with Crippen LogP contribution in [0.5, 0.6) is 17.5 Å². The zero-order chi connectivity index (χ0) is 32.3. The van der Waals surface area contributed by atoms with Gasteiger partial charge in [0.2, 0.25) is 17.7 Å². The Morgan fingerprint density at radius 3 is 2.30 bits per heavy atom. The Labute approximate surface area is 264 Å². The lowest BCUT2D eigenvalue weighted by Gasteiger charge is -2.15. The summed E-state index contributed by atoms with van der Waals surface area (Å²) >= 11 is 1.45. The van der Waals surface area contributed by atoms with Crippen molar-refractivity contribution in [1.82, 2.24) is 15.0 Å². The Morgan fingerprint density at radius 2 is 1.65 bits per heavy atom. The Morgan fingerprint density at radius 1 is 0.891 bits per heavy atom. The number of pyridine rings is 2. The van der Waals surface area contributed by atoms with Gasteiger partial charge in [-0.05, 0) is 60.5 Å². The molecule has 3 amide bonds. The predicted molar refractivity (Wildman–Crippen MR) is 167 cm³/mol. The zero-order valence-electron chi connectivity index (χ0n) is 24.2. The summed E-state index contributed by atoms with van der Waals surface area (Å²) in [5.74, 6) is 1.21. The van der Waals surface area contributed by atoms with E-state index in [2.05, 4.69) is 25.6 Å². The molecule has 2 aromatic carbocycles. The third-order valence-electron chi connectivity index (χ3n) is 7.00. The lowest BCUT2D eigenvalue weighted by atomic mass is 10.0. The number of rotatable bonds is 8. The fourth-order valence-corrected chi connectivity index (χ4v) is 5.68. The number of carbonyl (C=O) groups is 2. The lowest BCUT2D eigenvalue weighted by molar-refractivity contribution is -0.137. The number of alkyl halides is 3. The van der Waals surface area contributed by atoms with Crippen molar-refractivity contribution >= 4 is 39.8 Å². The van der Waals surface area contributed by atoms with Crippen LogP contribution in [0.25, 0.3) is 21.6 Å². The van der Waals surface area contributed by atoms with E-state index in [-0.39, 0.29) is 23.2 Å². The van der Waals surface area contributed by atoms with Gasteiger partial charge in [-0.1, -0.05) is 17.4 Å².